The predicted molar refractivity (Wildman–Crippen MR) is 95.7 cm³/mol. The van der Waals surface area contributed by atoms with Gasteiger partial charge in [-0.1, -0.05) is 25.1 Å². The van der Waals surface area contributed by atoms with Gasteiger partial charge in [-0.25, -0.2) is 0 Å². The molecule has 2 aromatic rings. The number of amides is 1. The van der Waals surface area contributed by atoms with E-state index in [4.69, 9.17) is 9.47 Å². The zero-order chi connectivity index (χ0) is 17.0. The first-order valence-corrected chi connectivity index (χ1v) is 8.19. The van der Waals surface area contributed by atoms with Crippen LogP contribution in [0.4, 0.5) is 5.69 Å². The summed E-state index contributed by atoms with van der Waals surface area (Å²) in [7, 11) is 0. The average molecular weight is 328 g/mol. The van der Waals surface area contributed by atoms with E-state index in [1.54, 1.807) is 0 Å². The van der Waals surface area contributed by atoms with Gasteiger partial charge in [-0.2, -0.15) is 0 Å². The number of benzene rings is 2. The van der Waals surface area contributed by atoms with Crippen LogP contribution in [0.1, 0.15) is 13.3 Å². The van der Waals surface area contributed by atoms with Gasteiger partial charge in [-0.3, -0.25) is 4.79 Å². The van der Waals surface area contributed by atoms with Crippen molar-refractivity contribution in [2.45, 2.75) is 13.3 Å². The Morgan fingerprint density at radius 2 is 1.54 bits per heavy atom. The molecule has 0 aliphatic carbocycles. The van der Waals surface area contributed by atoms with Gasteiger partial charge >= 0.3 is 0 Å². The summed E-state index contributed by atoms with van der Waals surface area (Å²) in [5.41, 5.74) is 0.756. The summed E-state index contributed by atoms with van der Waals surface area (Å²) >= 11 is 0. The molecule has 0 unspecified atom stereocenters. The Bertz CT molecular complexity index is 600. The topological polar surface area (TPSA) is 59.6 Å². The molecule has 0 saturated heterocycles. The maximum Gasteiger partial charge on any atom is 0.238 e. The lowest BCUT2D eigenvalue weighted by molar-refractivity contribution is -0.115. The second-order valence-corrected chi connectivity index (χ2v) is 5.26. The number of rotatable bonds is 10. The van der Waals surface area contributed by atoms with Crippen molar-refractivity contribution < 1.29 is 14.3 Å². The predicted octanol–water partition coefficient (Wildman–Crippen LogP) is 3.08. The van der Waals surface area contributed by atoms with Crippen LogP contribution in [0.2, 0.25) is 0 Å². The highest BCUT2D eigenvalue weighted by Crippen LogP contribution is 2.15. The lowest BCUT2D eigenvalue weighted by atomic mass is 10.3. The standard InChI is InChI=1S/C19H24N2O3/c1-2-12-20-15-19(22)21-16-8-10-18(11-9-16)24-14-13-23-17-6-4-3-5-7-17/h3-11,20H,2,12-15H2,1H3,(H,21,22). The van der Waals surface area contributed by atoms with Gasteiger partial charge in [0.2, 0.25) is 5.91 Å². The molecule has 0 bridgehead atoms. The minimum absolute atomic E-state index is 0.0478. The van der Waals surface area contributed by atoms with E-state index in [1.165, 1.54) is 0 Å². The Kier molecular flexibility index (Phi) is 7.63. The summed E-state index contributed by atoms with van der Waals surface area (Å²) in [6, 6.07) is 16.9. The van der Waals surface area contributed by atoms with Gasteiger partial charge in [0.1, 0.15) is 24.7 Å². The molecule has 128 valence electrons. The van der Waals surface area contributed by atoms with E-state index in [0.717, 1.165) is 30.2 Å². The first-order valence-electron chi connectivity index (χ1n) is 8.19. The van der Waals surface area contributed by atoms with Gasteiger partial charge in [0.25, 0.3) is 0 Å². The summed E-state index contributed by atoms with van der Waals surface area (Å²) in [5, 5.41) is 5.90. The Balaban J connectivity index is 1.67. The van der Waals surface area contributed by atoms with Crippen LogP contribution < -0.4 is 20.1 Å². The molecule has 5 heteroatoms. The molecule has 2 aromatic carbocycles. The van der Waals surface area contributed by atoms with Crippen LogP contribution in [-0.4, -0.2) is 32.2 Å². The molecule has 5 nitrogen and oxygen atoms in total. The van der Waals surface area contributed by atoms with Crippen LogP contribution in [0, 0.1) is 0 Å². The highest BCUT2D eigenvalue weighted by Gasteiger charge is 2.02. The number of hydrogen-bond donors (Lipinski definition) is 2. The molecule has 24 heavy (non-hydrogen) atoms. The van der Waals surface area contributed by atoms with Crippen molar-refractivity contribution in [1.29, 1.82) is 0 Å². The van der Waals surface area contributed by atoms with E-state index in [2.05, 4.69) is 17.6 Å². The van der Waals surface area contributed by atoms with Crippen LogP contribution in [0.15, 0.2) is 54.6 Å². The Morgan fingerprint density at radius 3 is 2.17 bits per heavy atom. The van der Waals surface area contributed by atoms with Gasteiger partial charge in [-0.05, 0) is 49.4 Å². The fourth-order valence-electron chi connectivity index (χ4n) is 2.05. The molecule has 0 aliphatic heterocycles. The van der Waals surface area contributed by atoms with Crippen LogP contribution >= 0.6 is 0 Å². The van der Waals surface area contributed by atoms with Gasteiger partial charge < -0.3 is 20.1 Å². The van der Waals surface area contributed by atoms with E-state index < -0.39 is 0 Å². The van der Waals surface area contributed by atoms with E-state index in [-0.39, 0.29) is 5.91 Å². The molecule has 0 aromatic heterocycles. The first kappa shape index (κ1) is 17.8. The maximum absolute atomic E-state index is 11.7. The number of carbonyl (C=O) groups is 1. The summed E-state index contributed by atoms with van der Waals surface area (Å²) in [4.78, 5) is 11.7. The lowest BCUT2D eigenvalue weighted by Crippen LogP contribution is -2.28. The van der Waals surface area contributed by atoms with Crippen molar-refractivity contribution in [1.82, 2.24) is 5.32 Å². The molecule has 0 radical (unpaired) electrons. The zero-order valence-corrected chi connectivity index (χ0v) is 14.0. The molecule has 0 spiro atoms. The van der Waals surface area contributed by atoms with E-state index in [9.17, 15) is 4.79 Å². The molecule has 0 saturated carbocycles. The normalized spacial score (nSPS) is 10.2. The Labute approximate surface area is 143 Å². The maximum atomic E-state index is 11.7. The number of para-hydroxylation sites is 1. The summed E-state index contributed by atoms with van der Waals surface area (Å²) < 4.78 is 11.2. The lowest BCUT2D eigenvalue weighted by Gasteiger charge is -2.10. The number of anilines is 1. The van der Waals surface area contributed by atoms with Gasteiger partial charge in [-0.15, -0.1) is 0 Å². The fourth-order valence-corrected chi connectivity index (χ4v) is 2.05. The zero-order valence-electron chi connectivity index (χ0n) is 14.0. The van der Waals surface area contributed by atoms with Crippen molar-refractivity contribution in [2.24, 2.45) is 0 Å². The third kappa shape index (κ3) is 6.71. The number of hydrogen-bond acceptors (Lipinski definition) is 4. The van der Waals surface area contributed by atoms with Crippen LogP contribution in [0.3, 0.4) is 0 Å². The average Bonchev–Trinajstić information content (AvgIpc) is 2.61. The quantitative estimate of drug-likeness (QED) is 0.658. The molecular formula is C19H24N2O3. The molecular weight excluding hydrogens is 304 g/mol. The second kappa shape index (κ2) is 10.3. The van der Waals surface area contributed by atoms with Crippen molar-refractivity contribution in [3.8, 4) is 11.5 Å². The third-order valence-electron chi connectivity index (χ3n) is 3.21. The largest absolute Gasteiger partial charge is 0.490 e. The number of carbonyl (C=O) groups excluding carboxylic acids is 1. The minimum atomic E-state index is -0.0478. The number of nitrogens with one attached hydrogen (secondary N) is 2. The van der Waals surface area contributed by atoms with Gasteiger partial charge in [0.05, 0.1) is 6.54 Å². The van der Waals surface area contributed by atoms with E-state index in [1.807, 2.05) is 54.6 Å². The van der Waals surface area contributed by atoms with Crippen LogP contribution in [0.5, 0.6) is 11.5 Å². The van der Waals surface area contributed by atoms with E-state index >= 15 is 0 Å². The minimum Gasteiger partial charge on any atom is -0.490 e. The molecule has 0 atom stereocenters. The summed E-state index contributed by atoms with van der Waals surface area (Å²) in [6.07, 6.45) is 1.01. The Morgan fingerprint density at radius 1 is 0.917 bits per heavy atom. The Hall–Kier alpha value is -2.53. The molecule has 0 aliphatic rings. The van der Waals surface area contributed by atoms with Gasteiger partial charge in [0, 0.05) is 5.69 Å². The SMILES string of the molecule is CCCNCC(=O)Nc1ccc(OCCOc2ccccc2)cc1. The fraction of sp³-hybridized carbons (Fsp3) is 0.316. The monoisotopic (exact) mass is 328 g/mol. The van der Waals surface area contributed by atoms with Crippen molar-refractivity contribution in [3.63, 3.8) is 0 Å². The first-order chi connectivity index (χ1) is 11.8. The molecule has 2 N–H and O–H groups in total. The molecule has 0 fully saturated rings. The highest BCUT2D eigenvalue weighted by molar-refractivity contribution is 5.92. The smallest absolute Gasteiger partial charge is 0.238 e. The highest BCUT2D eigenvalue weighted by atomic mass is 16.5. The second-order valence-electron chi connectivity index (χ2n) is 5.26. The summed E-state index contributed by atoms with van der Waals surface area (Å²) in [5.74, 6) is 1.53. The van der Waals surface area contributed by atoms with Crippen molar-refractivity contribution in [2.75, 3.05) is 31.6 Å². The van der Waals surface area contributed by atoms with Crippen LogP contribution in [0.25, 0.3) is 0 Å². The number of ether oxygens (including phenoxy) is 2. The molecule has 0 heterocycles. The molecule has 2 rings (SSSR count). The van der Waals surface area contributed by atoms with Crippen molar-refractivity contribution >= 4 is 11.6 Å². The molecule has 1 amide bonds. The van der Waals surface area contributed by atoms with Crippen LogP contribution in [-0.2, 0) is 4.79 Å². The van der Waals surface area contributed by atoms with Crippen molar-refractivity contribution in [3.05, 3.63) is 54.6 Å². The summed E-state index contributed by atoms with van der Waals surface area (Å²) in [6.45, 7) is 4.16. The van der Waals surface area contributed by atoms with Gasteiger partial charge in [0.15, 0.2) is 0 Å². The third-order valence-corrected chi connectivity index (χ3v) is 3.21. The van der Waals surface area contributed by atoms with E-state index in [0.29, 0.717) is 19.8 Å².